The molecule has 3 heteroatoms. The Morgan fingerprint density at radius 2 is 1.11 bits per heavy atom. The van der Waals surface area contributed by atoms with Crippen LogP contribution in [0.2, 0.25) is 0 Å². The maximum Gasteiger partial charge on any atom is 0.0662 e. The van der Waals surface area contributed by atoms with Crippen molar-refractivity contribution in [2.75, 3.05) is 13.2 Å². The molecule has 3 nitrogen and oxygen atoms in total. The predicted octanol–water partition coefficient (Wildman–Crippen LogP) is 3.91. The first-order chi connectivity index (χ1) is 9.12. The third kappa shape index (κ3) is 20.4. The molecule has 2 unspecified atom stereocenters. The van der Waals surface area contributed by atoms with Crippen LogP contribution in [0, 0.1) is 0 Å². The molecule has 2 atom stereocenters. The van der Waals surface area contributed by atoms with Gasteiger partial charge in [0.25, 0.3) is 0 Å². The summed E-state index contributed by atoms with van der Waals surface area (Å²) in [5.74, 6) is 0. The first-order valence-electron chi connectivity index (χ1n) is 7.99. The topological polar surface area (TPSA) is 49.7 Å². The third-order valence-electron chi connectivity index (χ3n) is 2.99. The Morgan fingerprint density at radius 3 is 1.37 bits per heavy atom. The summed E-state index contributed by atoms with van der Waals surface area (Å²) in [6, 6.07) is 0. The van der Waals surface area contributed by atoms with Gasteiger partial charge in [-0.2, -0.15) is 0 Å². The minimum atomic E-state index is -0.125. The summed E-state index contributed by atoms with van der Waals surface area (Å²) in [6.45, 7) is 8.68. The third-order valence-corrected chi connectivity index (χ3v) is 2.99. The van der Waals surface area contributed by atoms with Gasteiger partial charge in [-0.3, -0.25) is 0 Å². The fourth-order valence-electron chi connectivity index (χ4n) is 1.90. The van der Waals surface area contributed by atoms with E-state index in [9.17, 15) is 0 Å². The van der Waals surface area contributed by atoms with Crippen LogP contribution < -0.4 is 0 Å². The number of hydrogen-bond donors (Lipinski definition) is 2. The molecule has 0 saturated heterocycles. The van der Waals surface area contributed by atoms with Crippen molar-refractivity contribution in [2.24, 2.45) is 0 Å². The number of aliphatic hydroxyl groups excluding tert-OH is 2. The zero-order valence-electron chi connectivity index (χ0n) is 13.5. The van der Waals surface area contributed by atoms with Crippen molar-refractivity contribution in [3.63, 3.8) is 0 Å². The maximum absolute atomic E-state index is 7.62. The summed E-state index contributed by atoms with van der Waals surface area (Å²) in [7, 11) is 0. The van der Waals surface area contributed by atoms with Gasteiger partial charge in [-0.15, -0.1) is 0 Å². The number of unbranched alkanes of at least 4 members (excludes halogenated alkanes) is 4. The van der Waals surface area contributed by atoms with Crippen LogP contribution in [-0.4, -0.2) is 35.6 Å². The fraction of sp³-hybridized carbons (Fsp3) is 1.00. The minimum absolute atomic E-state index is 0.125. The van der Waals surface area contributed by atoms with Crippen LogP contribution in [0.5, 0.6) is 0 Å². The van der Waals surface area contributed by atoms with Crippen molar-refractivity contribution in [3.05, 3.63) is 0 Å². The smallest absolute Gasteiger partial charge is 0.0662 e. The lowest BCUT2D eigenvalue weighted by Gasteiger charge is -2.19. The Labute approximate surface area is 120 Å². The molecule has 2 N–H and O–H groups in total. The molecule has 0 spiro atoms. The minimum Gasteiger partial charge on any atom is -0.394 e. The molecule has 0 amide bonds. The second-order valence-corrected chi connectivity index (χ2v) is 5.20. The molecular weight excluding hydrogens is 240 g/mol. The Balaban J connectivity index is 0. The zero-order valence-corrected chi connectivity index (χ0v) is 13.5. The van der Waals surface area contributed by atoms with Gasteiger partial charge in [0.2, 0.25) is 0 Å². The Hall–Kier alpha value is -0.120. The largest absolute Gasteiger partial charge is 0.394 e. The molecule has 0 aromatic heterocycles. The first-order valence-corrected chi connectivity index (χ1v) is 7.99. The predicted molar refractivity (Wildman–Crippen MR) is 82.5 cm³/mol. The van der Waals surface area contributed by atoms with E-state index in [1.54, 1.807) is 0 Å². The first kappa shape index (κ1) is 21.2. The standard InChI is InChI=1S/C14H30O.C2H6O2/c1-5-7-9-11-13(3)15-14(4)12-10-8-6-2;3-1-2-4/h13-14H,5-12H2,1-4H3;3-4H,1-2H2. The van der Waals surface area contributed by atoms with Gasteiger partial charge in [-0.25, -0.2) is 0 Å². The molecule has 0 aromatic rings. The number of hydrogen-bond acceptors (Lipinski definition) is 3. The lowest BCUT2D eigenvalue weighted by molar-refractivity contribution is -0.00220. The Kier molecular flexibility index (Phi) is 19.9. The second-order valence-electron chi connectivity index (χ2n) is 5.20. The monoisotopic (exact) mass is 276 g/mol. The molecule has 0 radical (unpaired) electrons. The normalized spacial score (nSPS) is 13.6. The Bertz CT molecular complexity index is 135. The Morgan fingerprint density at radius 1 is 0.737 bits per heavy atom. The van der Waals surface area contributed by atoms with Crippen LogP contribution in [-0.2, 0) is 4.74 Å². The van der Waals surface area contributed by atoms with E-state index in [2.05, 4.69) is 27.7 Å². The van der Waals surface area contributed by atoms with Crippen LogP contribution in [0.4, 0.5) is 0 Å². The van der Waals surface area contributed by atoms with Crippen molar-refractivity contribution >= 4 is 0 Å². The molecule has 0 bridgehead atoms. The van der Waals surface area contributed by atoms with Crippen molar-refractivity contribution in [1.29, 1.82) is 0 Å². The van der Waals surface area contributed by atoms with Gasteiger partial charge in [0.05, 0.1) is 25.4 Å². The van der Waals surface area contributed by atoms with Crippen LogP contribution in [0.3, 0.4) is 0 Å². The van der Waals surface area contributed by atoms with E-state index in [1.165, 1.54) is 51.4 Å². The highest BCUT2D eigenvalue weighted by molar-refractivity contribution is 4.57. The van der Waals surface area contributed by atoms with Crippen molar-refractivity contribution in [2.45, 2.75) is 91.3 Å². The van der Waals surface area contributed by atoms with Crippen LogP contribution in [0.1, 0.15) is 79.1 Å². The van der Waals surface area contributed by atoms with Crippen molar-refractivity contribution in [1.82, 2.24) is 0 Å². The molecule has 118 valence electrons. The number of ether oxygens (including phenoxy) is 1. The van der Waals surface area contributed by atoms with Crippen LogP contribution >= 0.6 is 0 Å². The van der Waals surface area contributed by atoms with E-state index in [-0.39, 0.29) is 13.2 Å². The van der Waals surface area contributed by atoms with Gasteiger partial charge in [0, 0.05) is 0 Å². The lowest BCUT2D eigenvalue weighted by Crippen LogP contribution is -2.17. The molecule has 19 heavy (non-hydrogen) atoms. The molecule has 0 aliphatic heterocycles. The van der Waals surface area contributed by atoms with Gasteiger partial charge in [-0.05, 0) is 26.7 Å². The van der Waals surface area contributed by atoms with Gasteiger partial charge < -0.3 is 14.9 Å². The molecule has 0 aliphatic rings. The summed E-state index contributed by atoms with van der Waals surface area (Å²) < 4.78 is 5.94. The molecule has 0 heterocycles. The second kappa shape index (κ2) is 17.9. The van der Waals surface area contributed by atoms with E-state index in [1.807, 2.05) is 0 Å². The van der Waals surface area contributed by atoms with E-state index in [0.29, 0.717) is 12.2 Å². The van der Waals surface area contributed by atoms with Crippen LogP contribution in [0.25, 0.3) is 0 Å². The highest BCUT2D eigenvalue weighted by Gasteiger charge is 2.07. The van der Waals surface area contributed by atoms with E-state index in [0.717, 1.165) is 0 Å². The summed E-state index contributed by atoms with van der Waals surface area (Å²) in [6.07, 6.45) is 11.3. The summed E-state index contributed by atoms with van der Waals surface area (Å²) >= 11 is 0. The van der Waals surface area contributed by atoms with Crippen molar-refractivity contribution in [3.8, 4) is 0 Å². The van der Waals surface area contributed by atoms with Gasteiger partial charge in [0.1, 0.15) is 0 Å². The highest BCUT2D eigenvalue weighted by atomic mass is 16.5. The van der Waals surface area contributed by atoms with Gasteiger partial charge in [0.15, 0.2) is 0 Å². The van der Waals surface area contributed by atoms with Crippen LogP contribution in [0.15, 0.2) is 0 Å². The lowest BCUT2D eigenvalue weighted by atomic mass is 10.1. The molecule has 0 rings (SSSR count). The average Bonchev–Trinajstić information content (AvgIpc) is 2.39. The summed E-state index contributed by atoms with van der Waals surface area (Å²) in [5, 5.41) is 15.2. The van der Waals surface area contributed by atoms with Crippen molar-refractivity contribution < 1.29 is 14.9 Å². The summed E-state index contributed by atoms with van der Waals surface area (Å²) in [5.41, 5.74) is 0. The molecular formula is C16H36O3. The average molecular weight is 276 g/mol. The van der Waals surface area contributed by atoms with E-state index in [4.69, 9.17) is 14.9 Å². The van der Waals surface area contributed by atoms with Gasteiger partial charge >= 0.3 is 0 Å². The number of aliphatic hydroxyl groups is 2. The maximum atomic E-state index is 7.62. The number of rotatable bonds is 11. The molecule has 0 fully saturated rings. The fourth-order valence-corrected chi connectivity index (χ4v) is 1.90. The molecule has 0 aliphatic carbocycles. The zero-order chi connectivity index (χ0) is 14.9. The molecule has 0 saturated carbocycles. The SMILES string of the molecule is CCCCCC(C)OC(C)CCCCC.OCCO. The van der Waals surface area contributed by atoms with E-state index >= 15 is 0 Å². The summed E-state index contributed by atoms with van der Waals surface area (Å²) in [4.78, 5) is 0. The van der Waals surface area contributed by atoms with E-state index < -0.39 is 0 Å². The quantitative estimate of drug-likeness (QED) is 0.562. The highest BCUT2D eigenvalue weighted by Crippen LogP contribution is 2.12. The molecule has 0 aromatic carbocycles. The van der Waals surface area contributed by atoms with Gasteiger partial charge in [-0.1, -0.05) is 52.4 Å².